The number of fused-ring (bicyclic) bond motifs is 1. The number of methoxy groups -OCH3 is 1. The molecule has 0 radical (unpaired) electrons. The molecule has 0 aliphatic heterocycles. The van der Waals surface area contributed by atoms with E-state index >= 15 is 0 Å². The van der Waals surface area contributed by atoms with Gasteiger partial charge < -0.3 is 14.8 Å². The first-order chi connectivity index (χ1) is 11.2. The maximum atomic E-state index is 12.8. The minimum atomic E-state index is -1.46. The van der Waals surface area contributed by atoms with Crippen LogP contribution in [0.15, 0.2) is 23.0 Å². The number of benzene rings is 1. The number of aryl methyl sites for hydroxylation is 2. The van der Waals surface area contributed by atoms with E-state index in [1.165, 1.54) is 33.1 Å². The SMILES string of the molecule is COCc1c(C=CC(=O)C(C)(C)O)[nH]c2c(C)c(C)ccc2c1=O. The summed E-state index contributed by atoms with van der Waals surface area (Å²) in [6.07, 6.45) is 2.80. The molecule has 1 aromatic carbocycles. The number of aromatic nitrogens is 1. The minimum Gasteiger partial charge on any atom is -0.382 e. The van der Waals surface area contributed by atoms with E-state index in [9.17, 15) is 14.7 Å². The van der Waals surface area contributed by atoms with E-state index in [0.29, 0.717) is 16.6 Å². The zero-order valence-corrected chi connectivity index (χ0v) is 14.7. The van der Waals surface area contributed by atoms with E-state index in [1.54, 1.807) is 6.07 Å². The standard InChI is InChI=1S/C19H23NO4/c1-11-6-7-13-17(12(11)2)20-15(14(10-24-5)18(13)22)8-9-16(21)19(3,4)23/h6-9,23H,10H2,1-5H3,(H,20,22). The first-order valence-electron chi connectivity index (χ1n) is 7.75. The molecule has 0 atom stereocenters. The highest BCUT2D eigenvalue weighted by molar-refractivity contribution is 5.99. The quantitative estimate of drug-likeness (QED) is 0.827. The summed E-state index contributed by atoms with van der Waals surface area (Å²) in [5, 5.41) is 10.3. The van der Waals surface area contributed by atoms with E-state index < -0.39 is 11.4 Å². The van der Waals surface area contributed by atoms with Crippen molar-refractivity contribution in [3.05, 3.63) is 50.8 Å². The Bertz CT molecular complexity index is 870. The molecule has 2 rings (SSSR count). The Morgan fingerprint density at radius 3 is 2.58 bits per heavy atom. The average molecular weight is 329 g/mol. The number of carbonyl (C=O) groups is 1. The van der Waals surface area contributed by atoms with Crippen LogP contribution in [0.2, 0.25) is 0 Å². The fourth-order valence-electron chi connectivity index (χ4n) is 2.45. The van der Waals surface area contributed by atoms with Gasteiger partial charge in [0.2, 0.25) is 0 Å². The summed E-state index contributed by atoms with van der Waals surface area (Å²) in [6, 6.07) is 3.71. The lowest BCUT2D eigenvalue weighted by molar-refractivity contribution is -0.128. The van der Waals surface area contributed by atoms with Crippen LogP contribution in [0.3, 0.4) is 0 Å². The number of hydrogen-bond donors (Lipinski definition) is 2. The van der Waals surface area contributed by atoms with Crippen LogP contribution in [-0.2, 0) is 16.1 Å². The first kappa shape index (κ1) is 18.1. The van der Waals surface area contributed by atoms with Gasteiger partial charge in [-0.05, 0) is 57.0 Å². The van der Waals surface area contributed by atoms with Crippen molar-refractivity contribution in [3.8, 4) is 0 Å². The number of aromatic amines is 1. The summed E-state index contributed by atoms with van der Waals surface area (Å²) >= 11 is 0. The van der Waals surface area contributed by atoms with Crippen molar-refractivity contribution < 1.29 is 14.6 Å². The molecule has 1 aromatic heterocycles. The third kappa shape index (κ3) is 3.47. The van der Waals surface area contributed by atoms with Crippen molar-refractivity contribution in [2.45, 2.75) is 39.9 Å². The number of nitrogens with one attached hydrogen (secondary N) is 1. The molecule has 128 valence electrons. The molecule has 0 unspecified atom stereocenters. The highest BCUT2D eigenvalue weighted by Gasteiger charge is 2.21. The topological polar surface area (TPSA) is 79.4 Å². The average Bonchev–Trinajstić information content (AvgIpc) is 2.51. The Morgan fingerprint density at radius 2 is 2.00 bits per heavy atom. The van der Waals surface area contributed by atoms with Gasteiger partial charge in [-0.2, -0.15) is 0 Å². The van der Waals surface area contributed by atoms with E-state index in [-0.39, 0.29) is 12.0 Å². The predicted molar refractivity (Wildman–Crippen MR) is 95.1 cm³/mol. The number of aliphatic hydroxyl groups is 1. The van der Waals surface area contributed by atoms with Crippen molar-refractivity contribution in [1.29, 1.82) is 0 Å². The number of pyridine rings is 1. The van der Waals surface area contributed by atoms with Crippen LogP contribution in [0, 0.1) is 13.8 Å². The molecule has 0 saturated carbocycles. The van der Waals surface area contributed by atoms with Crippen molar-refractivity contribution in [2.24, 2.45) is 0 Å². The van der Waals surface area contributed by atoms with Gasteiger partial charge in [-0.1, -0.05) is 6.07 Å². The normalized spacial score (nSPS) is 12.2. The van der Waals surface area contributed by atoms with Gasteiger partial charge in [0.05, 0.1) is 12.1 Å². The van der Waals surface area contributed by atoms with Crippen molar-refractivity contribution in [3.63, 3.8) is 0 Å². The second kappa shape index (κ2) is 6.71. The molecule has 0 spiro atoms. The fraction of sp³-hybridized carbons (Fsp3) is 0.368. The molecule has 1 heterocycles. The highest BCUT2D eigenvalue weighted by Crippen LogP contribution is 2.20. The predicted octanol–water partition coefficient (Wildman–Crippen LogP) is 2.64. The summed E-state index contributed by atoms with van der Waals surface area (Å²) in [7, 11) is 1.51. The lowest BCUT2D eigenvalue weighted by Crippen LogP contribution is -2.29. The number of ketones is 1. The second-order valence-electron chi connectivity index (χ2n) is 6.47. The Balaban J connectivity index is 2.69. The maximum Gasteiger partial charge on any atom is 0.195 e. The largest absolute Gasteiger partial charge is 0.382 e. The minimum absolute atomic E-state index is 0.121. The van der Waals surface area contributed by atoms with Crippen molar-refractivity contribution >= 4 is 22.8 Å². The Kier molecular flexibility index (Phi) is 5.06. The number of H-pyrrole nitrogens is 1. The summed E-state index contributed by atoms with van der Waals surface area (Å²) < 4.78 is 5.14. The molecular weight excluding hydrogens is 306 g/mol. The van der Waals surface area contributed by atoms with Gasteiger partial charge in [0.1, 0.15) is 5.60 Å². The second-order valence-corrected chi connectivity index (χ2v) is 6.47. The van der Waals surface area contributed by atoms with Gasteiger partial charge >= 0.3 is 0 Å². The van der Waals surface area contributed by atoms with Gasteiger partial charge in [-0.15, -0.1) is 0 Å². The van der Waals surface area contributed by atoms with Crippen LogP contribution in [0.4, 0.5) is 0 Å². The molecule has 24 heavy (non-hydrogen) atoms. The fourth-order valence-corrected chi connectivity index (χ4v) is 2.45. The summed E-state index contributed by atoms with van der Waals surface area (Å²) in [6.45, 7) is 6.90. The summed E-state index contributed by atoms with van der Waals surface area (Å²) in [5.41, 5.74) is 2.19. The van der Waals surface area contributed by atoms with E-state index in [0.717, 1.165) is 16.6 Å². The Labute approximate surface area is 141 Å². The van der Waals surface area contributed by atoms with Crippen LogP contribution < -0.4 is 5.43 Å². The molecule has 2 N–H and O–H groups in total. The molecule has 5 heteroatoms. The zero-order chi connectivity index (χ0) is 18.1. The zero-order valence-electron chi connectivity index (χ0n) is 14.7. The summed E-state index contributed by atoms with van der Waals surface area (Å²) in [5.74, 6) is -0.437. The van der Waals surface area contributed by atoms with Gasteiger partial charge in [0.15, 0.2) is 11.2 Å². The van der Waals surface area contributed by atoms with E-state index in [1.807, 2.05) is 19.9 Å². The van der Waals surface area contributed by atoms with Crippen molar-refractivity contribution in [1.82, 2.24) is 4.98 Å². The maximum absolute atomic E-state index is 12.8. The van der Waals surface area contributed by atoms with E-state index in [4.69, 9.17) is 4.74 Å². The van der Waals surface area contributed by atoms with Gasteiger partial charge in [-0.25, -0.2) is 0 Å². The summed E-state index contributed by atoms with van der Waals surface area (Å²) in [4.78, 5) is 27.9. The molecule has 2 aromatic rings. The molecule has 0 aliphatic carbocycles. The lowest BCUT2D eigenvalue weighted by Gasteiger charge is -2.13. The highest BCUT2D eigenvalue weighted by atomic mass is 16.5. The van der Waals surface area contributed by atoms with Crippen LogP contribution in [0.5, 0.6) is 0 Å². The van der Waals surface area contributed by atoms with Gasteiger partial charge in [0.25, 0.3) is 0 Å². The van der Waals surface area contributed by atoms with Crippen LogP contribution in [0.25, 0.3) is 17.0 Å². The number of hydrogen-bond acceptors (Lipinski definition) is 4. The monoisotopic (exact) mass is 329 g/mol. The first-order valence-corrected chi connectivity index (χ1v) is 7.75. The van der Waals surface area contributed by atoms with Crippen molar-refractivity contribution in [2.75, 3.05) is 7.11 Å². The van der Waals surface area contributed by atoms with E-state index in [2.05, 4.69) is 4.98 Å². The molecule has 0 bridgehead atoms. The third-order valence-corrected chi connectivity index (χ3v) is 4.13. The molecule has 0 saturated heterocycles. The molecule has 0 aliphatic rings. The number of ether oxygens (including phenoxy) is 1. The Hall–Kier alpha value is -2.24. The molecular formula is C19H23NO4. The smallest absolute Gasteiger partial charge is 0.195 e. The molecule has 0 amide bonds. The molecule has 0 fully saturated rings. The lowest BCUT2D eigenvalue weighted by atomic mass is 10.0. The van der Waals surface area contributed by atoms with Crippen LogP contribution in [0.1, 0.15) is 36.2 Å². The van der Waals surface area contributed by atoms with Crippen LogP contribution >= 0.6 is 0 Å². The van der Waals surface area contributed by atoms with Gasteiger partial charge in [0, 0.05) is 23.8 Å². The number of rotatable bonds is 5. The molecule has 5 nitrogen and oxygen atoms in total. The third-order valence-electron chi connectivity index (χ3n) is 4.13. The Morgan fingerprint density at radius 1 is 1.33 bits per heavy atom. The van der Waals surface area contributed by atoms with Crippen LogP contribution in [-0.4, -0.2) is 28.6 Å². The number of carbonyl (C=O) groups excluding carboxylic acids is 1. The van der Waals surface area contributed by atoms with Gasteiger partial charge in [-0.3, -0.25) is 9.59 Å².